The monoisotopic (exact) mass is 582 g/mol. The Labute approximate surface area is 249 Å². The summed E-state index contributed by atoms with van der Waals surface area (Å²) in [4.78, 5) is 12.5. The van der Waals surface area contributed by atoms with E-state index in [0.29, 0.717) is 24.5 Å². The van der Waals surface area contributed by atoms with Crippen LogP contribution in [0.25, 0.3) is 11.1 Å². The highest BCUT2D eigenvalue weighted by molar-refractivity contribution is 7.89. The second-order valence-corrected chi connectivity index (χ2v) is 13.7. The van der Waals surface area contributed by atoms with Crippen molar-refractivity contribution in [3.63, 3.8) is 0 Å². The molecule has 7 heteroatoms. The van der Waals surface area contributed by atoms with Gasteiger partial charge in [-0.25, -0.2) is 13.2 Å². The van der Waals surface area contributed by atoms with Gasteiger partial charge in [0.25, 0.3) is 0 Å². The maximum Gasteiger partial charge on any atom is 0.407 e. The first-order valence-electron chi connectivity index (χ1n) is 14.4. The van der Waals surface area contributed by atoms with Crippen molar-refractivity contribution in [1.82, 2.24) is 9.62 Å². The van der Waals surface area contributed by atoms with Crippen LogP contribution < -0.4 is 5.32 Å². The van der Waals surface area contributed by atoms with E-state index < -0.39 is 21.7 Å². The highest BCUT2D eigenvalue weighted by Gasteiger charge is 2.37. The standard InChI is InChI=1S/C35H38N2O4S/c1-35(2,3)41-34(38)36-24-26-12-10-15-28(22-26)29-16-11-17-30(23-29)33-25-37(42(39,40)31-18-8-5-9-19-31)21-20-32(33)27-13-6-4-7-14-27/h4-19,22-23,32-33H,20-21,24-25H2,1-3H3,(H,36,38)/t32-,33-/m1/s1. The first-order valence-corrected chi connectivity index (χ1v) is 15.8. The van der Waals surface area contributed by atoms with Crippen molar-refractivity contribution < 1.29 is 17.9 Å². The van der Waals surface area contributed by atoms with Crippen LogP contribution in [-0.2, 0) is 21.3 Å². The quantitative estimate of drug-likeness (QED) is 0.247. The molecule has 0 saturated carbocycles. The molecule has 42 heavy (non-hydrogen) atoms. The molecule has 1 saturated heterocycles. The molecule has 5 rings (SSSR count). The van der Waals surface area contributed by atoms with E-state index in [0.717, 1.165) is 28.7 Å². The molecular weight excluding hydrogens is 544 g/mol. The Bertz CT molecular complexity index is 1620. The van der Waals surface area contributed by atoms with Crippen LogP contribution in [0.3, 0.4) is 0 Å². The number of hydrogen-bond donors (Lipinski definition) is 1. The molecule has 4 aromatic carbocycles. The second-order valence-electron chi connectivity index (χ2n) is 11.8. The maximum atomic E-state index is 13.6. The van der Waals surface area contributed by atoms with Crippen molar-refractivity contribution in [2.24, 2.45) is 0 Å². The Hall–Kier alpha value is -3.94. The molecule has 1 fully saturated rings. The fourth-order valence-corrected chi connectivity index (χ4v) is 7.12. The number of nitrogens with one attached hydrogen (secondary N) is 1. The summed E-state index contributed by atoms with van der Waals surface area (Å²) in [5.74, 6) is 0.171. The van der Waals surface area contributed by atoms with E-state index in [1.807, 2.05) is 63.2 Å². The van der Waals surface area contributed by atoms with Gasteiger partial charge in [-0.2, -0.15) is 4.31 Å². The summed E-state index contributed by atoms with van der Waals surface area (Å²) in [5.41, 5.74) is 4.80. The summed E-state index contributed by atoms with van der Waals surface area (Å²) in [5, 5.41) is 2.83. The summed E-state index contributed by atoms with van der Waals surface area (Å²) in [7, 11) is -3.61. The molecule has 0 spiro atoms. The molecule has 0 aromatic heterocycles. The third-order valence-corrected chi connectivity index (χ3v) is 9.47. The number of nitrogens with zero attached hydrogens (tertiary/aromatic N) is 1. The number of amides is 1. The largest absolute Gasteiger partial charge is 0.444 e. The van der Waals surface area contributed by atoms with E-state index in [-0.39, 0.29) is 11.8 Å². The summed E-state index contributed by atoms with van der Waals surface area (Å²) in [6.45, 7) is 6.74. The summed E-state index contributed by atoms with van der Waals surface area (Å²) in [6, 6.07) is 35.6. The molecule has 0 aliphatic carbocycles. The first-order chi connectivity index (χ1) is 20.1. The van der Waals surface area contributed by atoms with Gasteiger partial charge in [-0.1, -0.05) is 91.0 Å². The minimum atomic E-state index is -3.61. The van der Waals surface area contributed by atoms with Crippen molar-refractivity contribution in [1.29, 1.82) is 0 Å². The predicted molar refractivity (Wildman–Crippen MR) is 167 cm³/mol. The van der Waals surface area contributed by atoms with Gasteiger partial charge in [0.15, 0.2) is 0 Å². The lowest BCUT2D eigenvalue weighted by Gasteiger charge is -2.38. The van der Waals surface area contributed by atoms with E-state index in [9.17, 15) is 13.2 Å². The summed E-state index contributed by atoms with van der Waals surface area (Å²) < 4.78 is 34.2. The smallest absolute Gasteiger partial charge is 0.407 e. The van der Waals surface area contributed by atoms with Crippen LogP contribution in [0.5, 0.6) is 0 Å². The number of ether oxygens (including phenoxy) is 1. The Balaban J connectivity index is 1.42. The molecule has 0 bridgehead atoms. The highest BCUT2D eigenvalue weighted by Crippen LogP contribution is 2.42. The number of benzene rings is 4. The van der Waals surface area contributed by atoms with E-state index in [2.05, 4.69) is 47.8 Å². The van der Waals surface area contributed by atoms with Crippen molar-refractivity contribution >= 4 is 16.1 Å². The molecule has 4 aromatic rings. The van der Waals surface area contributed by atoms with E-state index in [1.54, 1.807) is 28.6 Å². The second kappa shape index (κ2) is 12.5. The molecule has 2 atom stereocenters. The van der Waals surface area contributed by atoms with Gasteiger partial charge < -0.3 is 10.1 Å². The minimum Gasteiger partial charge on any atom is -0.444 e. The Morgan fingerprint density at radius 1 is 0.810 bits per heavy atom. The highest BCUT2D eigenvalue weighted by atomic mass is 32.2. The van der Waals surface area contributed by atoms with Gasteiger partial charge >= 0.3 is 6.09 Å². The lowest BCUT2D eigenvalue weighted by atomic mass is 9.77. The predicted octanol–water partition coefficient (Wildman–Crippen LogP) is 7.34. The molecule has 1 aliphatic heterocycles. The first kappa shape index (κ1) is 29.5. The van der Waals surface area contributed by atoms with Crippen LogP contribution in [0.2, 0.25) is 0 Å². The molecule has 1 amide bonds. The topological polar surface area (TPSA) is 75.7 Å². The number of sulfonamides is 1. The fourth-order valence-electron chi connectivity index (χ4n) is 5.62. The van der Waals surface area contributed by atoms with Crippen molar-refractivity contribution in [3.05, 3.63) is 126 Å². The Morgan fingerprint density at radius 3 is 2.12 bits per heavy atom. The fraction of sp³-hybridized carbons (Fsp3) is 0.286. The van der Waals surface area contributed by atoms with Gasteiger partial charge in [-0.3, -0.25) is 0 Å². The normalized spacial score (nSPS) is 17.9. The van der Waals surface area contributed by atoms with Crippen LogP contribution in [0.4, 0.5) is 4.79 Å². The third-order valence-electron chi connectivity index (χ3n) is 7.60. The lowest BCUT2D eigenvalue weighted by molar-refractivity contribution is 0.0523. The van der Waals surface area contributed by atoms with Crippen LogP contribution in [0, 0.1) is 0 Å². The molecule has 1 aliphatic rings. The zero-order valence-corrected chi connectivity index (χ0v) is 25.2. The van der Waals surface area contributed by atoms with Gasteiger partial charge in [-0.15, -0.1) is 0 Å². The van der Waals surface area contributed by atoms with Crippen molar-refractivity contribution in [2.45, 2.75) is 56.1 Å². The third kappa shape index (κ3) is 7.09. The molecule has 1 heterocycles. The van der Waals surface area contributed by atoms with Gasteiger partial charge in [-0.05, 0) is 79.1 Å². The number of carbonyl (C=O) groups excluding carboxylic acids is 1. The van der Waals surface area contributed by atoms with Crippen molar-refractivity contribution in [3.8, 4) is 11.1 Å². The molecule has 0 radical (unpaired) electrons. The average Bonchev–Trinajstić information content (AvgIpc) is 3.00. The molecule has 218 valence electrons. The molecular formula is C35H38N2O4S. The van der Waals surface area contributed by atoms with Crippen LogP contribution in [0.1, 0.15) is 55.7 Å². The number of rotatable bonds is 7. The zero-order valence-electron chi connectivity index (χ0n) is 24.4. The molecule has 0 unspecified atom stereocenters. The van der Waals surface area contributed by atoms with Gasteiger partial charge in [0, 0.05) is 25.6 Å². The van der Waals surface area contributed by atoms with E-state index in [4.69, 9.17) is 4.74 Å². The number of piperidine rings is 1. The van der Waals surface area contributed by atoms with Crippen molar-refractivity contribution in [2.75, 3.05) is 13.1 Å². The minimum absolute atomic E-state index is 0.0170. The zero-order chi connectivity index (χ0) is 29.7. The van der Waals surface area contributed by atoms with Gasteiger partial charge in [0.1, 0.15) is 5.60 Å². The Morgan fingerprint density at radius 2 is 1.43 bits per heavy atom. The summed E-state index contributed by atoms with van der Waals surface area (Å²) in [6.07, 6.45) is 0.283. The van der Waals surface area contributed by atoms with Crippen LogP contribution in [0.15, 0.2) is 114 Å². The number of alkyl carbamates (subject to hydrolysis) is 1. The number of hydrogen-bond acceptors (Lipinski definition) is 4. The number of carbonyl (C=O) groups is 1. The maximum absolute atomic E-state index is 13.6. The average molecular weight is 583 g/mol. The molecule has 1 N–H and O–H groups in total. The Kier molecular flexibility index (Phi) is 8.80. The lowest BCUT2D eigenvalue weighted by Crippen LogP contribution is -2.42. The van der Waals surface area contributed by atoms with E-state index in [1.165, 1.54) is 5.56 Å². The van der Waals surface area contributed by atoms with Crippen LogP contribution in [-0.4, -0.2) is 37.5 Å². The van der Waals surface area contributed by atoms with Gasteiger partial charge in [0.2, 0.25) is 10.0 Å². The molecule has 6 nitrogen and oxygen atoms in total. The van der Waals surface area contributed by atoms with Crippen LogP contribution >= 0.6 is 0 Å². The van der Waals surface area contributed by atoms with E-state index >= 15 is 0 Å². The SMILES string of the molecule is CC(C)(C)OC(=O)NCc1cccc(-c2cccc([C@H]3CN(S(=O)(=O)c4ccccc4)CC[C@@H]3c3ccccc3)c2)c1. The van der Waals surface area contributed by atoms with Gasteiger partial charge in [0.05, 0.1) is 4.90 Å². The summed E-state index contributed by atoms with van der Waals surface area (Å²) >= 11 is 0.